The average molecular weight is 414 g/mol. The third kappa shape index (κ3) is 2.19. The smallest absolute Gasteiger partial charge is 0.291 e. The summed E-state index contributed by atoms with van der Waals surface area (Å²) in [6.07, 6.45) is 1.56. The summed E-state index contributed by atoms with van der Waals surface area (Å²) in [5.74, 6) is -0.863. The zero-order valence-electron chi connectivity index (χ0n) is 17.7. The molecule has 2 aliphatic heterocycles. The van der Waals surface area contributed by atoms with E-state index in [1.165, 1.54) is 4.90 Å². The number of aryl methyl sites for hydroxylation is 2. The number of amides is 2. The summed E-state index contributed by atoms with van der Waals surface area (Å²) in [5.41, 5.74) is 1.76. The highest BCUT2D eigenvalue weighted by atomic mass is 16.3. The molecule has 2 amide bonds. The van der Waals surface area contributed by atoms with Crippen LogP contribution in [0.1, 0.15) is 39.7 Å². The van der Waals surface area contributed by atoms with Crippen molar-refractivity contribution in [2.24, 2.45) is 0 Å². The molecule has 0 saturated heterocycles. The van der Waals surface area contributed by atoms with Crippen LogP contribution >= 0.6 is 0 Å². The van der Waals surface area contributed by atoms with E-state index >= 15 is 0 Å². The molecule has 0 fully saturated rings. The van der Waals surface area contributed by atoms with Crippen molar-refractivity contribution < 1.29 is 14.0 Å². The minimum absolute atomic E-state index is 0.0660. The van der Waals surface area contributed by atoms with E-state index in [2.05, 4.69) is 6.58 Å². The monoisotopic (exact) mass is 414 g/mol. The number of carbonyl (C=O) groups is 2. The van der Waals surface area contributed by atoms with Gasteiger partial charge in [-0.15, -0.1) is 6.58 Å². The summed E-state index contributed by atoms with van der Waals surface area (Å²) >= 11 is 0. The van der Waals surface area contributed by atoms with Crippen molar-refractivity contribution in [3.8, 4) is 0 Å². The van der Waals surface area contributed by atoms with E-state index in [1.54, 1.807) is 23.1 Å². The van der Waals surface area contributed by atoms with Gasteiger partial charge in [-0.2, -0.15) is 0 Å². The molecular formula is C25H22N2O4. The number of benzene rings is 2. The number of fused-ring (bicyclic) bond motifs is 5. The molecule has 1 unspecified atom stereocenters. The fourth-order valence-corrected chi connectivity index (χ4v) is 4.94. The van der Waals surface area contributed by atoms with Crippen molar-refractivity contribution >= 4 is 28.5 Å². The van der Waals surface area contributed by atoms with Crippen molar-refractivity contribution in [2.75, 3.05) is 18.0 Å². The minimum atomic E-state index is -1.55. The van der Waals surface area contributed by atoms with Crippen LogP contribution in [0.3, 0.4) is 0 Å². The van der Waals surface area contributed by atoms with Gasteiger partial charge < -0.3 is 14.2 Å². The normalized spacial score (nSPS) is 19.5. The molecule has 3 aromatic rings. The molecule has 6 heteroatoms. The maximum absolute atomic E-state index is 13.9. The standard InChI is InChI=1S/C25H22N2O4/c1-5-11-27-23(29)22-20(21(28)16-12-14(3)15(4)13-19(16)31-22)25(27)17-9-7-8-10-18(17)26(6-2)24(25)30/h5,7-10,12-13H,1,6,11H2,2-4H3. The zero-order valence-corrected chi connectivity index (χ0v) is 17.7. The van der Waals surface area contributed by atoms with E-state index in [4.69, 9.17) is 4.42 Å². The summed E-state index contributed by atoms with van der Waals surface area (Å²) in [6, 6.07) is 10.9. The van der Waals surface area contributed by atoms with Crippen LogP contribution in [0.15, 0.2) is 58.3 Å². The Morgan fingerprint density at radius 2 is 1.81 bits per heavy atom. The molecule has 31 heavy (non-hydrogen) atoms. The number of hydrogen-bond acceptors (Lipinski definition) is 4. The lowest BCUT2D eigenvalue weighted by atomic mass is 9.84. The lowest BCUT2D eigenvalue weighted by molar-refractivity contribution is -0.125. The molecule has 0 saturated carbocycles. The molecule has 2 aliphatic rings. The molecule has 156 valence electrons. The van der Waals surface area contributed by atoms with E-state index in [1.807, 2.05) is 45.0 Å². The summed E-state index contributed by atoms with van der Waals surface area (Å²) in [4.78, 5) is 44.4. The molecule has 5 rings (SSSR count). The zero-order chi connectivity index (χ0) is 22.1. The largest absolute Gasteiger partial charge is 0.450 e. The van der Waals surface area contributed by atoms with Gasteiger partial charge in [0, 0.05) is 18.7 Å². The van der Waals surface area contributed by atoms with Crippen LogP contribution in [-0.4, -0.2) is 29.8 Å². The van der Waals surface area contributed by atoms with Crippen LogP contribution in [0.25, 0.3) is 11.0 Å². The topological polar surface area (TPSA) is 70.8 Å². The quantitative estimate of drug-likeness (QED) is 0.614. The van der Waals surface area contributed by atoms with E-state index in [9.17, 15) is 14.4 Å². The number of rotatable bonds is 3. The predicted octanol–water partition coefficient (Wildman–Crippen LogP) is 3.66. The molecule has 6 nitrogen and oxygen atoms in total. The third-order valence-electron chi connectivity index (χ3n) is 6.48. The molecule has 0 N–H and O–H groups in total. The highest BCUT2D eigenvalue weighted by Crippen LogP contribution is 2.52. The second-order valence-corrected chi connectivity index (χ2v) is 8.05. The number of para-hydroxylation sites is 1. The molecule has 2 aromatic carbocycles. The van der Waals surface area contributed by atoms with Crippen molar-refractivity contribution in [2.45, 2.75) is 26.3 Å². The minimum Gasteiger partial charge on any atom is -0.450 e. The SMILES string of the molecule is C=CCN1C(=O)c2oc3cc(C)c(C)cc3c(=O)c2C12C(=O)N(CC)c1ccccc12. The first-order valence-corrected chi connectivity index (χ1v) is 10.3. The van der Waals surface area contributed by atoms with Gasteiger partial charge in [-0.1, -0.05) is 24.3 Å². The number of hydrogen-bond donors (Lipinski definition) is 0. The fraction of sp³-hybridized carbons (Fsp3) is 0.240. The molecule has 1 atom stereocenters. The number of nitrogens with zero attached hydrogens (tertiary/aromatic N) is 2. The summed E-state index contributed by atoms with van der Waals surface area (Å²) < 4.78 is 6.03. The summed E-state index contributed by atoms with van der Waals surface area (Å²) in [5, 5.41) is 0.370. The Bertz CT molecular complexity index is 1370. The van der Waals surface area contributed by atoms with E-state index in [-0.39, 0.29) is 29.2 Å². The molecular weight excluding hydrogens is 392 g/mol. The van der Waals surface area contributed by atoms with Crippen molar-refractivity contribution in [3.05, 3.63) is 87.3 Å². The Morgan fingerprint density at radius 3 is 2.52 bits per heavy atom. The molecule has 0 radical (unpaired) electrons. The summed E-state index contributed by atoms with van der Waals surface area (Å²) in [6.45, 7) is 10.0. The van der Waals surface area contributed by atoms with Gasteiger partial charge in [0.25, 0.3) is 11.8 Å². The van der Waals surface area contributed by atoms with Gasteiger partial charge in [0.2, 0.25) is 5.76 Å². The van der Waals surface area contributed by atoms with Gasteiger partial charge in [0.1, 0.15) is 5.58 Å². The van der Waals surface area contributed by atoms with Crippen molar-refractivity contribution in [3.63, 3.8) is 0 Å². The van der Waals surface area contributed by atoms with Crippen LogP contribution < -0.4 is 10.3 Å². The Labute approximate surface area is 179 Å². The van der Waals surface area contributed by atoms with Crippen LogP contribution in [0, 0.1) is 13.8 Å². The molecule has 0 aliphatic carbocycles. The number of carbonyl (C=O) groups excluding carboxylic acids is 2. The van der Waals surface area contributed by atoms with E-state index < -0.39 is 11.4 Å². The van der Waals surface area contributed by atoms with Crippen LogP contribution in [0.2, 0.25) is 0 Å². The van der Waals surface area contributed by atoms with Crippen molar-refractivity contribution in [1.82, 2.24) is 4.90 Å². The first-order chi connectivity index (χ1) is 14.9. The predicted molar refractivity (Wildman–Crippen MR) is 118 cm³/mol. The van der Waals surface area contributed by atoms with Gasteiger partial charge in [-0.05, 0) is 50.1 Å². The maximum Gasteiger partial charge on any atom is 0.291 e. The van der Waals surface area contributed by atoms with Gasteiger partial charge in [0.05, 0.1) is 16.6 Å². The molecule has 0 bridgehead atoms. The highest BCUT2D eigenvalue weighted by Gasteiger charge is 2.64. The Balaban J connectivity index is 1.96. The Hall–Kier alpha value is -3.67. The second kappa shape index (κ2) is 6.41. The molecule has 3 heterocycles. The first kappa shape index (κ1) is 19.3. The lowest BCUT2D eigenvalue weighted by Gasteiger charge is -2.33. The third-order valence-corrected chi connectivity index (χ3v) is 6.48. The van der Waals surface area contributed by atoms with Crippen LogP contribution in [-0.2, 0) is 10.3 Å². The first-order valence-electron chi connectivity index (χ1n) is 10.3. The number of likely N-dealkylation sites (N-methyl/N-ethyl adjacent to an activating group) is 1. The highest BCUT2D eigenvalue weighted by molar-refractivity contribution is 6.17. The fourth-order valence-electron chi connectivity index (χ4n) is 4.94. The van der Waals surface area contributed by atoms with Crippen LogP contribution in [0.4, 0.5) is 5.69 Å². The average Bonchev–Trinajstić information content (AvgIpc) is 3.15. The van der Waals surface area contributed by atoms with Crippen molar-refractivity contribution in [1.29, 1.82) is 0 Å². The molecule has 1 spiro atoms. The Morgan fingerprint density at radius 1 is 1.10 bits per heavy atom. The van der Waals surface area contributed by atoms with Gasteiger partial charge in [-0.3, -0.25) is 14.4 Å². The maximum atomic E-state index is 13.9. The summed E-state index contributed by atoms with van der Waals surface area (Å²) in [7, 11) is 0. The Kier molecular flexibility index (Phi) is 3.99. The van der Waals surface area contributed by atoms with E-state index in [0.717, 1.165) is 11.1 Å². The lowest BCUT2D eigenvalue weighted by Crippen LogP contribution is -2.53. The number of anilines is 1. The molecule has 1 aromatic heterocycles. The van der Waals surface area contributed by atoms with E-state index in [0.29, 0.717) is 28.8 Å². The van der Waals surface area contributed by atoms with Gasteiger partial charge in [-0.25, -0.2) is 0 Å². The second-order valence-electron chi connectivity index (χ2n) is 8.05. The van der Waals surface area contributed by atoms with Gasteiger partial charge in [0.15, 0.2) is 11.0 Å². The van der Waals surface area contributed by atoms with Crippen LogP contribution in [0.5, 0.6) is 0 Å². The van der Waals surface area contributed by atoms with Gasteiger partial charge >= 0.3 is 0 Å².